The van der Waals surface area contributed by atoms with Gasteiger partial charge in [-0.05, 0) is 32.4 Å². The number of benzene rings is 1. The fraction of sp³-hybridized carbons (Fsp3) is 0.294. The standard InChI is InChI=1S/C17H18N2O2S2/c1-4-21-17(20)15-13(12(8-18)16(19)23-15)9-22-14-7-10(2)5-6-11(14)3/h5-7H,4,9,19H2,1-3H3. The van der Waals surface area contributed by atoms with Crippen LogP contribution in [0, 0.1) is 25.2 Å². The van der Waals surface area contributed by atoms with Gasteiger partial charge in [-0.15, -0.1) is 23.1 Å². The number of nitrogens with two attached hydrogens (primary N) is 1. The third-order valence-corrected chi connectivity index (χ3v) is 5.55. The van der Waals surface area contributed by atoms with Crippen LogP contribution in [0.5, 0.6) is 0 Å². The summed E-state index contributed by atoms with van der Waals surface area (Å²) in [5.41, 5.74) is 9.28. The lowest BCUT2D eigenvalue weighted by Gasteiger charge is -2.08. The van der Waals surface area contributed by atoms with Gasteiger partial charge in [-0.25, -0.2) is 4.79 Å². The summed E-state index contributed by atoms with van der Waals surface area (Å²) in [6, 6.07) is 8.34. The average molecular weight is 346 g/mol. The molecular weight excluding hydrogens is 328 g/mol. The van der Waals surface area contributed by atoms with E-state index in [1.165, 1.54) is 11.1 Å². The number of thioether (sulfide) groups is 1. The van der Waals surface area contributed by atoms with E-state index in [1.54, 1.807) is 18.7 Å². The lowest BCUT2D eigenvalue weighted by Crippen LogP contribution is -2.05. The Morgan fingerprint density at radius 3 is 2.83 bits per heavy atom. The summed E-state index contributed by atoms with van der Waals surface area (Å²) in [5, 5.41) is 9.70. The highest BCUT2D eigenvalue weighted by Crippen LogP contribution is 2.36. The monoisotopic (exact) mass is 346 g/mol. The van der Waals surface area contributed by atoms with Crippen LogP contribution in [0.15, 0.2) is 23.1 Å². The molecule has 4 nitrogen and oxygen atoms in total. The molecule has 23 heavy (non-hydrogen) atoms. The Morgan fingerprint density at radius 1 is 1.43 bits per heavy atom. The third-order valence-electron chi connectivity index (χ3n) is 3.32. The normalized spacial score (nSPS) is 10.3. The van der Waals surface area contributed by atoms with Crippen LogP contribution in [0.4, 0.5) is 5.00 Å². The number of aryl methyl sites for hydroxylation is 2. The maximum Gasteiger partial charge on any atom is 0.348 e. The smallest absolute Gasteiger partial charge is 0.348 e. The number of esters is 1. The molecule has 1 aromatic carbocycles. The molecule has 0 amide bonds. The Hall–Kier alpha value is -1.97. The van der Waals surface area contributed by atoms with Gasteiger partial charge in [0, 0.05) is 16.2 Å². The van der Waals surface area contributed by atoms with Crippen LogP contribution in [0.25, 0.3) is 0 Å². The number of nitrogen functional groups attached to an aromatic ring is 1. The molecule has 0 aliphatic heterocycles. The minimum atomic E-state index is -0.415. The lowest BCUT2D eigenvalue weighted by atomic mass is 10.2. The number of nitriles is 1. The van der Waals surface area contributed by atoms with E-state index in [1.807, 2.05) is 13.8 Å². The highest BCUT2D eigenvalue weighted by Gasteiger charge is 2.22. The summed E-state index contributed by atoms with van der Waals surface area (Å²) < 4.78 is 5.07. The molecule has 6 heteroatoms. The lowest BCUT2D eigenvalue weighted by molar-refractivity contribution is 0.0531. The number of carbonyl (C=O) groups is 1. The van der Waals surface area contributed by atoms with Crippen LogP contribution >= 0.6 is 23.1 Å². The molecule has 0 aliphatic rings. The molecule has 0 aliphatic carbocycles. The molecule has 0 unspecified atom stereocenters. The van der Waals surface area contributed by atoms with Crippen molar-refractivity contribution in [2.45, 2.75) is 31.4 Å². The summed E-state index contributed by atoms with van der Waals surface area (Å²) in [4.78, 5) is 13.7. The minimum Gasteiger partial charge on any atom is -0.462 e. The molecular formula is C17H18N2O2S2. The van der Waals surface area contributed by atoms with Crippen LogP contribution in [0.2, 0.25) is 0 Å². The van der Waals surface area contributed by atoms with Gasteiger partial charge in [-0.1, -0.05) is 17.7 Å². The van der Waals surface area contributed by atoms with Crippen molar-refractivity contribution in [1.29, 1.82) is 5.26 Å². The Morgan fingerprint density at radius 2 is 2.17 bits per heavy atom. The van der Waals surface area contributed by atoms with E-state index in [2.05, 4.69) is 24.3 Å². The molecule has 0 spiro atoms. The van der Waals surface area contributed by atoms with Gasteiger partial charge in [0.15, 0.2) is 0 Å². The SMILES string of the molecule is CCOC(=O)c1sc(N)c(C#N)c1CSc1cc(C)ccc1C. The minimum absolute atomic E-state index is 0.294. The summed E-state index contributed by atoms with van der Waals surface area (Å²) in [7, 11) is 0. The number of nitrogens with zero attached hydrogens (tertiary/aromatic N) is 1. The molecule has 1 aromatic heterocycles. The molecule has 0 bridgehead atoms. The number of carbonyl (C=O) groups excluding carboxylic acids is 1. The van der Waals surface area contributed by atoms with Crippen LogP contribution in [-0.2, 0) is 10.5 Å². The van der Waals surface area contributed by atoms with Gasteiger partial charge in [-0.2, -0.15) is 5.26 Å². The highest BCUT2D eigenvalue weighted by atomic mass is 32.2. The number of hydrogen-bond donors (Lipinski definition) is 1. The Kier molecular flexibility index (Phi) is 5.69. The molecule has 0 saturated carbocycles. The second kappa shape index (κ2) is 7.53. The number of rotatable bonds is 5. The Bertz CT molecular complexity index is 776. The topological polar surface area (TPSA) is 76.1 Å². The summed E-state index contributed by atoms with van der Waals surface area (Å²) in [6.07, 6.45) is 0. The first-order valence-corrected chi connectivity index (χ1v) is 8.96. The van der Waals surface area contributed by atoms with E-state index in [9.17, 15) is 10.1 Å². The van der Waals surface area contributed by atoms with Crippen molar-refractivity contribution >= 4 is 34.1 Å². The van der Waals surface area contributed by atoms with Crippen molar-refractivity contribution in [1.82, 2.24) is 0 Å². The Balaban J connectivity index is 2.33. The first-order valence-electron chi connectivity index (χ1n) is 7.16. The first-order chi connectivity index (χ1) is 11.0. The molecule has 0 atom stereocenters. The summed E-state index contributed by atoms with van der Waals surface area (Å²) in [6.45, 7) is 6.13. The van der Waals surface area contributed by atoms with Gasteiger partial charge >= 0.3 is 5.97 Å². The third kappa shape index (κ3) is 3.87. The van der Waals surface area contributed by atoms with Crippen molar-refractivity contribution in [3.63, 3.8) is 0 Å². The maximum absolute atomic E-state index is 12.1. The largest absolute Gasteiger partial charge is 0.462 e. The predicted molar refractivity (Wildman–Crippen MR) is 94.9 cm³/mol. The zero-order valence-corrected chi connectivity index (χ0v) is 14.9. The molecule has 0 saturated heterocycles. The average Bonchev–Trinajstić information content (AvgIpc) is 2.84. The van der Waals surface area contributed by atoms with Gasteiger partial charge in [0.1, 0.15) is 15.9 Å². The molecule has 2 rings (SSSR count). The first kappa shape index (κ1) is 17.4. The molecule has 1 heterocycles. The molecule has 0 radical (unpaired) electrons. The summed E-state index contributed by atoms with van der Waals surface area (Å²) in [5.74, 6) is 0.0944. The van der Waals surface area contributed by atoms with Crippen molar-refractivity contribution < 1.29 is 9.53 Å². The number of anilines is 1. The van der Waals surface area contributed by atoms with Crippen LogP contribution in [0.3, 0.4) is 0 Å². The fourth-order valence-corrected chi connectivity index (χ4v) is 4.29. The van der Waals surface area contributed by atoms with Crippen molar-refractivity contribution in [2.75, 3.05) is 12.3 Å². The van der Waals surface area contributed by atoms with Gasteiger partial charge < -0.3 is 10.5 Å². The van der Waals surface area contributed by atoms with Crippen LogP contribution in [0.1, 0.15) is 38.8 Å². The van der Waals surface area contributed by atoms with E-state index < -0.39 is 5.97 Å². The zero-order valence-electron chi connectivity index (χ0n) is 13.3. The number of thiophene rings is 1. The van der Waals surface area contributed by atoms with Crippen LogP contribution < -0.4 is 5.73 Å². The van der Waals surface area contributed by atoms with Crippen molar-refractivity contribution in [2.24, 2.45) is 0 Å². The van der Waals surface area contributed by atoms with E-state index in [0.29, 0.717) is 33.4 Å². The van der Waals surface area contributed by atoms with E-state index >= 15 is 0 Å². The van der Waals surface area contributed by atoms with E-state index in [0.717, 1.165) is 16.2 Å². The van der Waals surface area contributed by atoms with Crippen molar-refractivity contribution in [3.8, 4) is 6.07 Å². The highest BCUT2D eigenvalue weighted by molar-refractivity contribution is 7.98. The van der Waals surface area contributed by atoms with E-state index in [4.69, 9.17) is 10.5 Å². The molecule has 120 valence electrons. The van der Waals surface area contributed by atoms with E-state index in [-0.39, 0.29) is 0 Å². The van der Waals surface area contributed by atoms with Gasteiger partial charge in [-0.3, -0.25) is 0 Å². The molecule has 0 fully saturated rings. The number of ether oxygens (including phenoxy) is 1. The van der Waals surface area contributed by atoms with Gasteiger partial charge in [0.25, 0.3) is 0 Å². The van der Waals surface area contributed by atoms with Crippen molar-refractivity contribution in [3.05, 3.63) is 45.3 Å². The van der Waals surface area contributed by atoms with Gasteiger partial charge in [0.05, 0.1) is 12.2 Å². The fourth-order valence-electron chi connectivity index (χ4n) is 2.12. The summed E-state index contributed by atoms with van der Waals surface area (Å²) >= 11 is 2.72. The second-order valence-electron chi connectivity index (χ2n) is 5.04. The van der Waals surface area contributed by atoms with Gasteiger partial charge in [0.2, 0.25) is 0 Å². The molecule has 2 aromatic rings. The van der Waals surface area contributed by atoms with Crippen LogP contribution in [-0.4, -0.2) is 12.6 Å². The molecule has 2 N–H and O–H groups in total. The quantitative estimate of drug-likeness (QED) is 0.645. The second-order valence-corrected chi connectivity index (χ2v) is 7.11. The maximum atomic E-state index is 12.1. The predicted octanol–water partition coefficient (Wildman–Crippen LogP) is 4.29. The Labute approximate surface area is 144 Å². The zero-order chi connectivity index (χ0) is 17.0. The number of hydrogen-bond acceptors (Lipinski definition) is 6.